The summed E-state index contributed by atoms with van der Waals surface area (Å²) >= 11 is 3.60. The first-order valence-electron chi connectivity index (χ1n) is 6.92. The zero-order valence-electron chi connectivity index (χ0n) is 12.2. The number of halogens is 1. The van der Waals surface area contributed by atoms with E-state index in [1.807, 2.05) is 6.07 Å². The number of hydrogen-bond donors (Lipinski definition) is 1. The first kappa shape index (κ1) is 16.5. The molecule has 0 aliphatic heterocycles. The number of ether oxygens (including phenoxy) is 1. The topological polar surface area (TPSA) is 38.5 Å². The van der Waals surface area contributed by atoms with Crippen molar-refractivity contribution in [1.82, 2.24) is 0 Å². The Morgan fingerprint density at radius 3 is 2.53 bits per heavy atom. The number of nitrogens with two attached hydrogens (primary N) is 1. The average Bonchev–Trinajstić information content (AvgIpc) is 2.43. The molecule has 0 aromatic heterocycles. The van der Waals surface area contributed by atoms with Crippen LogP contribution < -0.4 is 10.6 Å². The molecule has 0 heterocycles. The van der Waals surface area contributed by atoms with Crippen molar-refractivity contribution >= 4 is 21.6 Å². The molecule has 0 aliphatic carbocycles. The highest BCUT2D eigenvalue weighted by Gasteiger charge is 2.19. The van der Waals surface area contributed by atoms with E-state index in [0.717, 1.165) is 30.5 Å². The number of methoxy groups -OCH3 is 1. The molecule has 4 heteroatoms. The van der Waals surface area contributed by atoms with Gasteiger partial charge in [-0.15, -0.1) is 0 Å². The number of hydrogen-bond acceptors (Lipinski definition) is 3. The summed E-state index contributed by atoms with van der Waals surface area (Å²) in [5.74, 6) is 0. The number of rotatable bonds is 8. The van der Waals surface area contributed by atoms with E-state index in [1.165, 1.54) is 11.3 Å². The van der Waals surface area contributed by atoms with Crippen molar-refractivity contribution < 1.29 is 4.74 Å². The fourth-order valence-electron chi connectivity index (χ4n) is 2.44. The average molecular weight is 329 g/mol. The molecule has 0 bridgehead atoms. The molecular weight excluding hydrogens is 304 g/mol. The monoisotopic (exact) mass is 328 g/mol. The molecule has 0 atom stereocenters. The molecule has 0 fully saturated rings. The zero-order valence-corrected chi connectivity index (χ0v) is 13.7. The fraction of sp³-hybridized carbons (Fsp3) is 0.600. The maximum Gasteiger partial charge on any atom is 0.0637 e. The minimum atomic E-state index is 0.523. The highest BCUT2D eigenvalue weighted by atomic mass is 79.9. The van der Waals surface area contributed by atoms with E-state index in [-0.39, 0.29) is 0 Å². The zero-order chi connectivity index (χ0) is 14.3. The second-order valence-electron chi connectivity index (χ2n) is 4.60. The lowest BCUT2D eigenvalue weighted by atomic mass is 10.1. The summed E-state index contributed by atoms with van der Waals surface area (Å²) in [6.45, 7) is 6.63. The van der Waals surface area contributed by atoms with Gasteiger partial charge < -0.3 is 15.4 Å². The van der Waals surface area contributed by atoms with Gasteiger partial charge in [-0.1, -0.05) is 35.8 Å². The molecule has 1 rings (SSSR count). The standard InChI is InChI=1S/C15H25BrN2O/c1-4-12(5-2)18(9-10-19-3)15-8-6-7-14(16)13(15)11-17/h6-8,12H,4-5,9-11,17H2,1-3H3. The van der Waals surface area contributed by atoms with E-state index in [1.54, 1.807) is 7.11 Å². The van der Waals surface area contributed by atoms with Gasteiger partial charge in [-0.25, -0.2) is 0 Å². The predicted octanol–water partition coefficient (Wildman–Crippen LogP) is 3.55. The minimum absolute atomic E-state index is 0.523. The fourth-order valence-corrected chi connectivity index (χ4v) is 2.95. The third-order valence-corrected chi connectivity index (χ3v) is 4.27. The Morgan fingerprint density at radius 2 is 2.00 bits per heavy atom. The van der Waals surface area contributed by atoms with E-state index in [2.05, 4.69) is 46.8 Å². The summed E-state index contributed by atoms with van der Waals surface area (Å²) in [4.78, 5) is 2.43. The highest BCUT2D eigenvalue weighted by molar-refractivity contribution is 9.10. The summed E-state index contributed by atoms with van der Waals surface area (Å²) in [5, 5.41) is 0. The van der Waals surface area contributed by atoms with Crippen LogP contribution in [0.25, 0.3) is 0 Å². The van der Waals surface area contributed by atoms with Crippen LogP contribution in [0.15, 0.2) is 22.7 Å². The van der Waals surface area contributed by atoms with Gasteiger partial charge in [0.05, 0.1) is 6.61 Å². The molecule has 0 amide bonds. The number of benzene rings is 1. The van der Waals surface area contributed by atoms with Crippen LogP contribution in [0.2, 0.25) is 0 Å². The maximum absolute atomic E-state index is 5.91. The summed E-state index contributed by atoms with van der Waals surface area (Å²) in [5.41, 5.74) is 8.31. The van der Waals surface area contributed by atoms with Crippen LogP contribution in [0, 0.1) is 0 Å². The quantitative estimate of drug-likeness (QED) is 0.793. The molecule has 108 valence electrons. The Labute approximate surface area is 125 Å². The Balaban J connectivity index is 3.12. The molecular formula is C15H25BrN2O. The molecule has 0 radical (unpaired) electrons. The second kappa shape index (κ2) is 8.56. The number of anilines is 1. The van der Waals surface area contributed by atoms with Gasteiger partial charge in [0, 0.05) is 42.0 Å². The Bertz CT molecular complexity index is 380. The van der Waals surface area contributed by atoms with Crippen molar-refractivity contribution in [2.24, 2.45) is 5.73 Å². The molecule has 3 nitrogen and oxygen atoms in total. The lowest BCUT2D eigenvalue weighted by Gasteiger charge is -2.34. The van der Waals surface area contributed by atoms with Crippen molar-refractivity contribution in [2.75, 3.05) is 25.2 Å². The van der Waals surface area contributed by atoms with Crippen LogP contribution in [0.3, 0.4) is 0 Å². The third kappa shape index (κ3) is 4.20. The van der Waals surface area contributed by atoms with Crippen LogP contribution in [0.1, 0.15) is 32.3 Å². The first-order valence-corrected chi connectivity index (χ1v) is 7.71. The van der Waals surface area contributed by atoms with Crippen LogP contribution in [-0.2, 0) is 11.3 Å². The predicted molar refractivity (Wildman–Crippen MR) is 85.6 cm³/mol. The van der Waals surface area contributed by atoms with Crippen molar-refractivity contribution in [1.29, 1.82) is 0 Å². The summed E-state index contributed by atoms with van der Waals surface area (Å²) < 4.78 is 6.34. The molecule has 0 unspecified atom stereocenters. The van der Waals surface area contributed by atoms with E-state index >= 15 is 0 Å². The van der Waals surface area contributed by atoms with Crippen LogP contribution in [-0.4, -0.2) is 26.3 Å². The van der Waals surface area contributed by atoms with E-state index < -0.39 is 0 Å². The molecule has 1 aromatic rings. The van der Waals surface area contributed by atoms with Crippen LogP contribution in [0.5, 0.6) is 0 Å². The van der Waals surface area contributed by atoms with E-state index in [9.17, 15) is 0 Å². The van der Waals surface area contributed by atoms with Crippen LogP contribution in [0.4, 0.5) is 5.69 Å². The maximum atomic E-state index is 5.91. The highest BCUT2D eigenvalue weighted by Crippen LogP contribution is 2.30. The minimum Gasteiger partial charge on any atom is -0.383 e. The van der Waals surface area contributed by atoms with Gasteiger partial charge in [-0.2, -0.15) is 0 Å². The SMILES string of the molecule is CCC(CC)N(CCOC)c1cccc(Br)c1CN. The normalized spacial score (nSPS) is 11.1. The van der Waals surface area contributed by atoms with Crippen molar-refractivity contribution in [3.8, 4) is 0 Å². The lowest BCUT2D eigenvalue weighted by molar-refractivity contribution is 0.202. The Kier molecular flexibility index (Phi) is 7.42. The first-order chi connectivity index (χ1) is 9.19. The van der Waals surface area contributed by atoms with E-state index in [4.69, 9.17) is 10.5 Å². The van der Waals surface area contributed by atoms with Gasteiger partial charge in [0.1, 0.15) is 0 Å². The molecule has 19 heavy (non-hydrogen) atoms. The molecule has 0 saturated heterocycles. The van der Waals surface area contributed by atoms with Gasteiger partial charge >= 0.3 is 0 Å². The van der Waals surface area contributed by atoms with Gasteiger partial charge in [0.2, 0.25) is 0 Å². The van der Waals surface area contributed by atoms with Gasteiger partial charge in [0.25, 0.3) is 0 Å². The van der Waals surface area contributed by atoms with Crippen molar-refractivity contribution in [2.45, 2.75) is 39.3 Å². The largest absolute Gasteiger partial charge is 0.383 e. The smallest absolute Gasteiger partial charge is 0.0637 e. The summed E-state index contributed by atoms with van der Waals surface area (Å²) in [6, 6.07) is 6.80. The van der Waals surface area contributed by atoms with Crippen molar-refractivity contribution in [3.05, 3.63) is 28.2 Å². The molecule has 0 aliphatic rings. The van der Waals surface area contributed by atoms with Crippen molar-refractivity contribution in [3.63, 3.8) is 0 Å². The van der Waals surface area contributed by atoms with Gasteiger partial charge in [-0.3, -0.25) is 0 Å². The van der Waals surface area contributed by atoms with Gasteiger partial charge in [-0.05, 0) is 25.0 Å². The third-order valence-electron chi connectivity index (χ3n) is 3.53. The van der Waals surface area contributed by atoms with Crippen LogP contribution >= 0.6 is 15.9 Å². The molecule has 0 spiro atoms. The molecule has 1 aromatic carbocycles. The Morgan fingerprint density at radius 1 is 1.32 bits per heavy atom. The van der Waals surface area contributed by atoms with E-state index in [0.29, 0.717) is 12.6 Å². The molecule has 0 saturated carbocycles. The summed E-state index contributed by atoms with van der Waals surface area (Å²) in [7, 11) is 1.75. The lowest BCUT2D eigenvalue weighted by Crippen LogP contribution is -2.38. The molecule has 2 N–H and O–H groups in total. The summed E-state index contributed by atoms with van der Waals surface area (Å²) in [6.07, 6.45) is 2.24. The second-order valence-corrected chi connectivity index (χ2v) is 5.45. The Hall–Kier alpha value is -0.580. The van der Waals surface area contributed by atoms with Gasteiger partial charge in [0.15, 0.2) is 0 Å². The number of nitrogens with zero attached hydrogens (tertiary/aromatic N) is 1.